The van der Waals surface area contributed by atoms with E-state index in [-0.39, 0.29) is 24.0 Å². The van der Waals surface area contributed by atoms with Crippen LogP contribution in [-0.4, -0.2) is 22.7 Å². The number of halogens is 1. The van der Waals surface area contributed by atoms with Crippen LogP contribution in [-0.2, 0) is 4.79 Å². The van der Waals surface area contributed by atoms with Gasteiger partial charge in [-0.1, -0.05) is 35.9 Å². The predicted octanol–water partition coefficient (Wildman–Crippen LogP) is 3.61. The Bertz CT molecular complexity index is 1210. The number of fused-ring (bicyclic) bond motifs is 1. The number of rotatable bonds is 5. The maximum atomic E-state index is 12.1. The molecule has 1 amide bonds. The molecule has 4 N–H and O–H groups in total. The zero-order valence-electron chi connectivity index (χ0n) is 16.5. The monoisotopic (exact) mass is 435 g/mol. The lowest BCUT2D eigenvalue weighted by Crippen LogP contribution is -2.21. The standard InChI is InChI=1S/C22H18ClN5O3/c1-12-19-20(15(10-24)21(25)31-22(19)28-27-12)13-7-8-17(16(23)9-13)30-11-18(29)26-14-5-3-2-4-6-14/h2-9,20H,11,25H2,1H3,(H,26,29)(H,27,28). The number of carbonyl (C=O) groups is 1. The van der Waals surface area contributed by atoms with Crippen LogP contribution in [0.5, 0.6) is 11.6 Å². The maximum absolute atomic E-state index is 12.1. The summed E-state index contributed by atoms with van der Waals surface area (Å²) >= 11 is 6.42. The van der Waals surface area contributed by atoms with Gasteiger partial charge in [0.1, 0.15) is 17.4 Å². The Morgan fingerprint density at radius 1 is 1.35 bits per heavy atom. The van der Waals surface area contributed by atoms with Crippen molar-refractivity contribution in [1.82, 2.24) is 10.2 Å². The number of hydrogen-bond donors (Lipinski definition) is 3. The smallest absolute Gasteiger partial charge is 0.262 e. The number of para-hydroxylation sites is 1. The van der Waals surface area contributed by atoms with E-state index in [1.807, 2.05) is 25.1 Å². The van der Waals surface area contributed by atoms with E-state index in [0.29, 0.717) is 22.3 Å². The number of nitrogens with zero attached hydrogens (tertiary/aromatic N) is 2. The third kappa shape index (κ3) is 4.04. The number of allylic oxidation sites excluding steroid dienone is 1. The highest BCUT2D eigenvalue weighted by atomic mass is 35.5. The first-order valence-corrected chi connectivity index (χ1v) is 9.75. The third-order valence-corrected chi connectivity index (χ3v) is 5.13. The number of H-pyrrole nitrogens is 1. The van der Waals surface area contributed by atoms with E-state index in [9.17, 15) is 10.1 Å². The summed E-state index contributed by atoms with van der Waals surface area (Å²) in [6.07, 6.45) is 0. The van der Waals surface area contributed by atoms with Crippen molar-refractivity contribution in [2.45, 2.75) is 12.8 Å². The highest BCUT2D eigenvalue weighted by Gasteiger charge is 2.34. The second-order valence-corrected chi connectivity index (χ2v) is 7.29. The minimum absolute atomic E-state index is 0.000493. The van der Waals surface area contributed by atoms with Gasteiger partial charge >= 0.3 is 0 Å². The van der Waals surface area contributed by atoms with Crippen molar-refractivity contribution >= 4 is 23.2 Å². The molecule has 8 nitrogen and oxygen atoms in total. The topological polar surface area (TPSA) is 126 Å². The van der Waals surface area contributed by atoms with Gasteiger partial charge in [0.25, 0.3) is 5.91 Å². The lowest BCUT2D eigenvalue weighted by molar-refractivity contribution is -0.118. The quantitative estimate of drug-likeness (QED) is 0.562. The van der Waals surface area contributed by atoms with Crippen LogP contribution >= 0.6 is 11.6 Å². The molecule has 3 aromatic rings. The molecule has 1 aromatic heterocycles. The summed E-state index contributed by atoms with van der Waals surface area (Å²) < 4.78 is 11.0. The second kappa shape index (κ2) is 8.42. The van der Waals surface area contributed by atoms with Gasteiger partial charge in [0.05, 0.1) is 10.9 Å². The van der Waals surface area contributed by atoms with E-state index in [1.165, 1.54) is 0 Å². The summed E-state index contributed by atoms with van der Waals surface area (Å²) in [5, 5.41) is 19.6. The molecule has 0 saturated heterocycles. The van der Waals surface area contributed by atoms with Crippen molar-refractivity contribution in [3.8, 4) is 17.7 Å². The van der Waals surface area contributed by atoms with Crippen LogP contribution in [0.15, 0.2) is 60.0 Å². The van der Waals surface area contributed by atoms with Gasteiger partial charge in [-0.05, 0) is 36.8 Å². The van der Waals surface area contributed by atoms with Crippen LogP contribution in [0.4, 0.5) is 5.69 Å². The molecule has 2 heterocycles. The van der Waals surface area contributed by atoms with Gasteiger partial charge in [-0.15, -0.1) is 5.10 Å². The minimum atomic E-state index is -0.486. The largest absolute Gasteiger partial charge is 0.482 e. The Morgan fingerprint density at radius 2 is 2.13 bits per heavy atom. The fraction of sp³-hybridized carbons (Fsp3) is 0.136. The lowest BCUT2D eigenvalue weighted by atomic mass is 9.84. The van der Waals surface area contributed by atoms with E-state index in [1.54, 1.807) is 30.3 Å². The zero-order valence-corrected chi connectivity index (χ0v) is 17.2. The van der Waals surface area contributed by atoms with Crippen LogP contribution in [0.25, 0.3) is 0 Å². The highest BCUT2D eigenvalue weighted by molar-refractivity contribution is 6.32. The minimum Gasteiger partial charge on any atom is -0.482 e. The molecule has 4 rings (SSSR count). The van der Waals surface area contributed by atoms with E-state index in [2.05, 4.69) is 21.6 Å². The van der Waals surface area contributed by atoms with Gasteiger partial charge in [-0.3, -0.25) is 9.89 Å². The molecule has 0 bridgehead atoms. The normalized spacial score (nSPS) is 14.9. The molecule has 1 aliphatic heterocycles. The van der Waals surface area contributed by atoms with E-state index in [0.717, 1.165) is 16.8 Å². The van der Waals surface area contributed by atoms with E-state index >= 15 is 0 Å². The summed E-state index contributed by atoms with van der Waals surface area (Å²) in [5.41, 5.74) is 9.08. The number of anilines is 1. The van der Waals surface area contributed by atoms with Crippen LogP contribution in [0.3, 0.4) is 0 Å². The number of ether oxygens (including phenoxy) is 2. The predicted molar refractivity (Wildman–Crippen MR) is 115 cm³/mol. The number of aromatic amines is 1. The van der Waals surface area contributed by atoms with Gasteiger partial charge in [0.2, 0.25) is 11.8 Å². The molecule has 2 aromatic carbocycles. The molecule has 9 heteroatoms. The van der Waals surface area contributed by atoms with Crippen molar-refractivity contribution in [2.24, 2.45) is 5.73 Å². The number of aryl methyl sites for hydroxylation is 1. The second-order valence-electron chi connectivity index (χ2n) is 6.88. The fourth-order valence-corrected chi connectivity index (χ4v) is 3.65. The van der Waals surface area contributed by atoms with Crippen molar-refractivity contribution in [2.75, 3.05) is 11.9 Å². The lowest BCUT2D eigenvalue weighted by Gasteiger charge is -2.24. The molecule has 156 valence electrons. The third-order valence-electron chi connectivity index (χ3n) is 4.84. The fourth-order valence-electron chi connectivity index (χ4n) is 3.41. The number of benzene rings is 2. The van der Waals surface area contributed by atoms with Crippen molar-refractivity contribution < 1.29 is 14.3 Å². The molecular formula is C22H18ClN5O3. The van der Waals surface area contributed by atoms with E-state index in [4.69, 9.17) is 26.8 Å². The van der Waals surface area contributed by atoms with Crippen molar-refractivity contribution in [3.05, 3.63) is 81.8 Å². The van der Waals surface area contributed by atoms with Gasteiger partial charge < -0.3 is 20.5 Å². The first-order valence-electron chi connectivity index (χ1n) is 9.37. The molecule has 1 unspecified atom stereocenters. The van der Waals surface area contributed by atoms with Gasteiger partial charge in [-0.2, -0.15) is 5.26 Å². The van der Waals surface area contributed by atoms with Crippen molar-refractivity contribution in [1.29, 1.82) is 5.26 Å². The Morgan fingerprint density at radius 3 is 2.84 bits per heavy atom. The van der Waals surface area contributed by atoms with Gasteiger partial charge in [0, 0.05) is 16.9 Å². The molecule has 0 radical (unpaired) electrons. The maximum Gasteiger partial charge on any atom is 0.262 e. The summed E-state index contributed by atoms with van der Waals surface area (Å²) in [6, 6.07) is 16.3. The average molecular weight is 436 g/mol. The molecular weight excluding hydrogens is 418 g/mol. The van der Waals surface area contributed by atoms with Crippen LogP contribution in [0.2, 0.25) is 5.02 Å². The average Bonchev–Trinajstić information content (AvgIpc) is 3.12. The number of nitrogens with two attached hydrogens (primary N) is 1. The Hall–Kier alpha value is -3.96. The Balaban J connectivity index is 1.54. The molecule has 31 heavy (non-hydrogen) atoms. The zero-order chi connectivity index (χ0) is 22.0. The SMILES string of the molecule is Cc1[nH]nc2c1C(c1ccc(OCC(=O)Nc3ccccc3)c(Cl)c1)C(C#N)=C(N)O2. The summed E-state index contributed by atoms with van der Waals surface area (Å²) in [6.45, 7) is 1.63. The molecule has 0 spiro atoms. The molecule has 1 aliphatic rings. The van der Waals surface area contributed by atoms with Crippen LogP contribution < -0.4 is 20.5 Å². The Labute approximate surface area is 183 Å². The van der Waals surface area contributed by atoms with Crippen LogP contribution in [0.1, 0.15) is 22.7 Å². The molecule has 0 aliphatic carbocycles. The van der Waals surface area contributed by atoms with Crippen LogP contribution in [0, 0.1) is 18.3 Å². The van der Waals surface area contributed by atoms with Gasteiger partial charge in [0.15, 0.2) is 6.61 Å². The summed E-state index contributed by atoms with van der Waals surface area (Å²) in [7, 11) is 0. The van der Waals surface area contributed by atoms with Crippen molar-refractivity contribution in [3.63, 3.8) is 0 Å². The molecule has 0 fully saturated rings. The number of amides is 1. The number of carbonyl (C=O) groups excluding carboxylic acids is 1. The van der Waals surface area contributed by atoms with Gasteiger partial charge in [-0.25, -0.2) is 0 Å². The summed E-state index contributed by atoms with van der Waals surface area (Å²) in [4.78, 5) is 12.1. The number of aromatic nitrogens is 2. The number of hydrogen-bond acceptors (Lipinski definition) is 6. The first kappa shape index (κ1) is 20.3. The van der Waals surface area contributed by atoms with E-state index < -0.39 is 5.92 Å². The summed E-state index contributed by atoms with van der Waals surface area (Å²) in [5.74, 6) is -0.119. The highest BCUT2D eigenvalue weighted by Crippen LogP contribution is 2.43. The number of nitriles is 1. The molecule has 1 atom stereocenters. The molecule has 0 saturated carbocycles. The Kier molecular flexibility index (Phi) is 5.52. The first-order chi connectivity index (χ1) is 15.0. The number of nitrogens with one attached hydrogen (secondary N) is 2.